The number of amidine groups is 1. The first-order chi connectivity index (χ1) is 8.97. The minimum absolute atomic E-state index is 0.0501. The van der Waals surface area contributed by atoms with Crippen molar-refractivity contribution < 1.29 is 13.6 Å². The summed E-state index contributed by atoms with van der Waals surface area (Å²) in [5.41, 5.74) is 5.50. The van der Waals surface area contributed by atoms with Crippen LogP contribution in [0.15, 0.2) is 5.16 Å². The summed E-state index contributed by atoms with van der Waals surface area (Å²) >= 11 is 0. The van der Waals surface area contributed by atoms with E-state index in [9.17, 15) is 8.42 Å². The van der Waals surface area contributed by atoms with Gasteiger partial charge in [-0.2, -0.15) is 17.0 Å². The lowest BCUT2D eigenvalue weighted by molar-refractivity contribution is 0.297. The van der Waals surface area contributed by atoms with Crippen molar-refractivity contribution in [3.63, 3.8) is 0 Å². The molecule has 8 heteroatoms. The molecule has 7 nitrogen and oxygen atoms in total. The van der Waals surface area contributed by atoms with E-state index in [0.717, 1.165) is 25.7 Å². The maximum Gasteiger partial charge on any atom is 0.282 e. The van der Waals surface area contributed by atoms with Crippen LogP contribution in [0.25, 0.3) is 0 Å². The Morgan fingerprint density at radius 3 is 2.26 bits per heavy atom. The molecule has 0 spiro atoms. The molecule has 0 unspecified atom stereocenters. The Morgan fingerprint density at radius 1 is 1.32 bits per heavy atom. The Bertz CT molecular complexity index is 400. The number of rotatable bonds is 7. The van der Waals surface area contributed by atoms with Gasteiger partial charge in [-0.25, -0.2) is 0 Å². The van der Waals surface area contributed by atoms with Gasteiger partial charge >= 0.3 is 0 Å². The maximum atomic E-state index is 12.6. The predicted octanol–water partition coefficient (Wildman–Crippen LogP) is 0.564. The largest absolute Gasteiger partial charge is 0.409 e. The van der Waals surface area contributed by atoms with Gasteiger partial charge in [-0.1, -0.05) is 31.8 Å². The second kappa shape index (κ2) is 7.06. The van der Waals surface area contributed by atoms with Gasteiger partial charge in [0.05, 0.1) is 6.54 Å². The molecule has 0 aromatic carbocycles. The van der Waals surface area contributed by atoms with Crippen molar-refractivity contribution in [2.24, 2.45) is 10.9 Å². The van der Waals surface area contributed by atoms with Gasteiger partial charge in [0, 0.05) is 19.1 Å². The molecular formula is C11H24N4O3S. The van der Waals surface area contributed by atoms with Gasteiger partial charge in [-0.05, 0) is 12.8 Å². The average molecular weight is 292 g/mol. The zero-order chi connectivity index (χ0) is 14.5. The second-order valence-corrected chi connectivity index (χ2v) is 6.55. The van der Waals surface area contributed by atoms with Gasteiger partial charge in [0.15, 0.2) is 5.84 Å². The molecule has 0 atom stereocenters. The van der Waals surface area contributed by atoms with E-state index in [-0.39, 0.29) is 18.4 Å². The molecule has 3 N–H and O–H groups in total. The molecular weight excluding hydrogens is 268 g/mol. The Hall–Kier alpha value is -0.860. The third-order valence-corrected chi connectivity index (χ3v) is 5.70. The number of oxime groups is 1. The summed E-state index contributed by atoms with van der Waals surface area (Å²) in [5, 5.41) is 11.6. The fourth-order valence-electron chi connectivity index (χ4n) is 2.48. The van der Waals surface area contributed by atoms with E-state index < -0.39 is 10.2 Å². The van der Waals surface area contributed by atoms with Gasteiger partial charge < -0.3 is 10.9 Å². The van der Waals surface area contributed by atoms with E-state index in [1.54, 1.807) is 13.8 Å². The van der Waals surface area contributed by atoms with Crippen LogP contribution in [0.2, 0.25) is 0 Å². The van der Waals surface area contributed by atoms with E-state index >= 15 is 0 Å². The monoisotopic (exact) mass is 292 g/mol. The van der Waals surface area contributed by atoms with Crippen molar-refractivity contribution in [2.45, 2.75) is 45.6 Å². The molecule has 112 valence electrons. The number of nitrogens with two attached hydrogens (primary N) is 1. The molecule has 0 aliphatic heterocycles. The highest BCUT2D eigenvalue weighted by Gasteiger charge is 2.35. The highest BCUT2D eigenvalue weighted by molar-refractivity contribution is 7.86. The van der Waals surface area contributed by atoms with Crippen LogP contribution < -0.4 is 5.73 Å². The summed E-state index contributed by atoms with van der Waals surface area (Å²) in [4.78, 5) is 0. The van der Waals surface area contributed by atoms with E-state index in [2.05, 4.69) is 5.16 Å². The summed E-state index contributed by atoms with van der Waals surface area (Å²) in [6.07, 6.45) is 3.70. The maximum absolute atomic E-state index is 12.6. The summed E-state index contributed by atoms with van der Waals surface area (Å²) < 4.78 is 28.0. The third-order valence-electron chi connectivity index (χ3n) is 3.51. The van der Waals surface area contributed by atoms with Crippen LogP contribution in [0.3, 0.4) is 0 Å². The Balaban J connectivity index is 3.00. The molecule has 0 bridgehead atoms. The zero-order valence-corrected chi connectivity index (χ0v) is 12.4. The number of hydrogen-bond acceptors (Lipinski definition) is 4. The lowest BCUT2D eigenvalue weighted by Gasteiger charge is -2.32. The molecule has 1 fully saturated rings. The van der Waals surface area contributed by atoms with Crippen LogP contribution in [0.5, 0.6) is 0 Å². The predicted molar refractivity (Wildman–Crippen MR) is 74.2 cm³/mol. The summed E-state index contributed by atoms with van der Waals surface area (Å²) in [6, 6.07) is -0.0501. The van der Waals surface area contributed by atoms with E-state index in [1.165, 1.54) is 8.61 Å². The van der Waals surface area contributed by atoms with Crippen molar-refractivity contribution in [3.05, 3.63) is 0 Å². The van der Waals surface area contributed by atoms with E-state index in [0.29, 0.717) is 13.1 Å². The van der Waals surface area contributed by atoms with Gasteiger partial charge in [0.2, 0.25) is 0 Å². The van der Waals surface area contributed by atoms with Crippen LogP contribution in [0, 0.1) is 0 Å². The average Bonchev–Trinajstić information content (AvgIpc) is 2.89. The summed E-state index contributed by atoms with van der Waals surface area (Å²) in [5.74, 6) is -0.0809. The van der Waals surface area contributed by atoms with Crippen molar-refractivity contribution in [1.82, 2.24) is 8.61 Å². The smallest absolute Gasteiger partial charge is 0.282 e. The molecule has 1 aliphatic carbocycles. The minimum Gasteiger partial charge on any atom is -0.409 e. The molecule has 1 aliphatic rings. The van der Waals surface area contributed by atoms with Crippen molar-refractivity contribution >= 4 is 16.0 Å². The molecule has 0 heterocycles. The summed E-state index contributed by atoms with van der Waals surface area (Å²) in [6.45, 7) is 4.38. The first-order valence-electron chi connectivity index (χ1n) is 6.70. The van der Waals surface area contributed by atoms with Crippen molar-refractivity contribution in [1.29, 1.82) is 0 Å². The Labute approximate surface area is 115 Å². The van der Waals surface area contributed by atoms with Crippen molar-refractivity contribution in [3.8, 4) is 0 Å². The number of nitrogens with zero attached hydrogens (tertiary/aromatic N) is 3. The van der Waals surface area contributed by atoms with Crippen molar-refractivity contribution in [2.75, 3.05) is 19.6 Å². The van der Waals surface area contributed by atoms with Crippen LogP contribution >= 0.6 is 0 Å². The first kappa shape index (κ1) is 16.2. The fourth-order valence-corrected chi connectivity index (χ4v) is 4.31. The highest BCUT2D eigenvalue weighted by Crippen LogP contribution is 2.26. The zero-order valence-electron chi connectivity index (χ0n) is 11.6. The van der Waals surface area contributed by atoms with Gasteiger partial charge in [0.1, 0.15) is 0 Å². The van der Waals surface area contributed by atoms with E-state index in [1.807, 2.05) is 0 Å². The highest BCUT2D eigenvalue weighted by atomic mass is 32.2. The lowest BCUT2D eigenvalue weighted by atomic mass is 10.2. The molecule has 1 saturated carbocycles. The molecule has 0 radical (unpaired) electrons. The normalized spacial score (nSPS) is 18.6. The van der Waals surface area contributed by atoms with Crippen LogP contribution in [0.4, 0.5) is 0 Å². The van der Waals surface area contributed by atoms with Crippen LogP contribution in [0.1, 0.15) is 39.5 Å². The first-order valence-corrected chi connectivity index (χ1v) is 8.10. The Morgan fingerprint density at radius 2 is 1.84 bits per heavy atom. The lowest BCUT2D eigenvalue weighted by Crippen LogP contribution is -2.50. The minimum atomic E-state index is -3.56. The van der Waals surface area contributed by atoms with Gasteiger partial charge in [-0.3, -0.25) is 0 Å². The third kappa shape index (κ3) is 3.80. The van der Waals surface area contributed by atoms with E-state index in [4.69, 9.17) is 10.9 Å². The van der Waals surface area contributed by atoms with Gasteiger partial charge in [-0.15, -0.1) is 0 Å². The fraction of sp³-hybridized carbons (Fsp3) is 0.909. The van der Waals surface area contributed by atoms with Crippen LogP contribution in [-0.2, 0) is 10.2 Å². The topological polar surface area (TPSA) is 99.2 Å². The number of hydrogen-bond donors (Lipinski definition) is 2. The molecule has 19 heavy (non-hydrogen) atoms. The molecule has 0 amide bonds. The second-order valence-electron chi connectivity index (χ2n) is 4.67. The SMILES string of the molecule is CCN(CC)S(=O)(=O)N(CC(N)=NO)C1CCCC1. The quantitative estimate of drug-likeness (QED) is 0.310. The molecule has 0 aromatic heterocycles. The summed E-state index contributed by atoms with van der Waals surface area (Å²) in [7, 11) is -3.56. The van der Waals surface area contributed by atoms with Crippen LogP contribution in [-0.4, -0.2) is 53.7 Å². The molecule has 0 saturated heterocycles. The standard InChI is InChI=1S/C11H24N4O3S/c1-3-14(4-2)19(17,18)15(9-11(12)13-16)10-7-5-6-8-10/h10,16H,3-9H2,1-2H3,(H2,12,13). The van der Waals surface area contributed by atoms with Gasteiger partial charge in [0.25, 0.3) is 10.2 Å². The molecule has 1 rings (SSSR count). The molecule has 0 aromatic rings. The Kier molecular flexibility index (Phi) is 6.02.